The standard InChI is InChI=1S/C15H18FNO4/c1-3-21-15(19)13(16)11-8-17(9-11)14(18)10-5-4-6-12(7-10)20-2/h4-7,11,13H,3,8-9H2,1-2H3. The zero-order valence-electron chi connectivity index (χ0n) is 12.0. The highest BCUT2D eigenvalue weighted by Gasteiger charge is 2.40. The first-order valence-electron chi connectivity index (χ1n) is 6.80. The molecule has 0 spiro atoms. The van der Waals surface area contributed by atoms with Crippen LogP contribution in [0.1, 0.15) is 17.3 Å². The van der Waals surface area contributed by atoms with Gasteiger partial charge < -0.3 is 14.4 Å². The first kappa shape index (κ1) is 15.3. The van der Waals surface area contributed by atoms with Gasteiger partial charge in [0.05, 0.1) is 13.7 Å². The van der Waals surface area contributed by atoms with Crippen LogP contribution < -0.4 is 4.74 Å². The van der Waals surface area contributed by atoms with E-state index < -0.39 is 18.1 Å². The molecule has 1 aliphatic heterocycles. The van der Waals surface area contributed by atoms with Gasteiger partial charge in [-0.15, -0.1) is 0 Å². The number of likely N-dealkylation sites (tertiary alicyclic amines) is 1. The lowest BCUT2D eigenvalue weighted by molar-refractivity contribution is -0.153. The molecular weight excluding hydrogens is 277 g/mol. The van der Waals surface area contributed by atoms with Crippen LogP contribution in [0.4, 0.5) is 4.39 Å². The first-order chi connectivity index (χ1) is 10.1. The molecule has 5 nitrogen and oxygen atoms in total. The van der Waals surface area contributed by atoms with Crippen molar-refractivity contribution in [1.29, 1.82) is 0 Å². The Labute approximate surface area is 122 Å². The molecule has 2 rings (SSSR count). The van der Waals surface area contributed by atoms with Crippen LogP contribution in [0.3, 0.4) is 0 Å². The van der Waals surface area contributed by atoms with Crippen molar-refractivity contribution < 1.29 is 23.5 Å². The quantitative estimate of drug-likeness (QED) is 0.775. The number of carbonyl (C=O) groups excluding carboxylic acids is 2. The minimum Gasteiger partial charge on any atom is -0.497 e. The van der Waals surface area contributed by atoms with E-state index in [1.165, 1.54) is 12.0 Å². The van der Waals surface area contributed by atoms with Crippen molar-refractivity contribution in [3.8, 4) is 5.75 Å². The molecule has 0 aromatic heterocycles. The van der Waals surface area contributed by atoms with Gasteiger partial charge in [0.2, 0.25) is 6.17 Å². The first-order valence-corrected chi connectivity index (χ1v) is 6.80. The summed E-state index contributed by atoms with van der Waals surface area (Å²) in [7, 11) is 1.52. The second-order valence-corrected chi connectivity index (χ2v) is 4.86. The Morgan fingerprint density at radius 2 is 2.14 bits per heavy atom. The van der Waals surface area contributed by atoms with E-state index in [1.54, 1.807) is 31.2 Å². The largest absolute Gasteiger partial charge is 0.497 e. The van der Waals surface area contributed by atoms with Gasteiger partial charge >= 0.3 is 5.97 Å². The molecule has 0 saturated carbocycles. The summed E-state index contributed by atoms with van der Waals surface area (Å²) in [5.74, 6) is -0.941. The number of ether oxygens (including phenoxy) is 2. The smallest absolute Gasteiger partial charge is 0.341 e. The number of halogens is 1. The zero-order valence-corrected chi connectivity index (χ0v) is 12.0. The maximum absolute atomic E-state index is 13.8. The number of rotatable bonds is 5. The summed E-state index contributed by atoms with van der Waals surface area (Å²) in [6.45, 7) is 2.22. The number of methoxy groups -OCH3 is 1. The molecule has 21 heavy (non-hydrogen) atoms. The maximum atomic E-state index is 13.8. The summed E-state index contributed by atoms with van der Waals surface area (Å²) in [5, 5.41) is 0. The summed E-state index contributed by atoms with van der Waals surface area (Å²) >= 11 is 0. The number of carbonyl (C=O) groups is 2. The number of hydrogen-bond acceptors (Lipinski definition) is 4. The van der Waals surface area contributed by atoms with Crippen molar-refractivity contribution >= 4 is 11.9 Å². The average molecular weight is 295 g/mol. The van der Waals surface area contributed by atoms with E-state index in [4.69, 9.17) is 4.74 Å². The Kier molecular flexibility index (Phi) is 4.77. The SMILES string of the molecule is CCOC(=O)C(F)C1CN(C(=O)c2cccc(OC)c2)C1. The van der Waals surface area contributed by atoms with E-state index in [1.807, 2.05) is 0 Å². The molecule has 1 fully saturated rings. The Morgan fingerprint density at radius 3 is 2.76 bits per heavy atom. The number of amides is 1. The minimum absolute atomic E-state index is 0.151. The average Bonchev–Trinajstić information content (AvgIpc) is 2.45. The summed E-state index contributed by atoms with van der Waals surface area (Å²) in [6, 6.07) is 6.78. The molecule has 1 amide bonds. The monoisotopic (exact) mass is 295 g/mol. The number of esters is 1. The van der Waals surface area contributed by atoms with Crippen LogP contribution in [0.5, 0.6) is 5.75 Å². The highest BCUT2D eigenvalue weighted by atomic mass is 19.1. The van der Waals surface area contributed by atoms with Gasteiger partial charge in [-0.2, -0.15) is 0 Å². The van der Waals surface area contributed by atoms with Crippen molar-refractivity contribution in [2.24, 2.45) is 5.92 Å². The molecule has 0 radical (unpaired) electrons. The van der Waals surface area contributed by atoms with Crippen LogP contribution in [-0.4, -0.2) is 49.8 Å². The van der Waals surface area contributed by atoms with Gasteiger partial charge in [-0.3, -0.25) is 4.79 Å². The predicted molar refractivity (Wildman–Crippen MR) is 73.9 cm³/mol. The third-order valence-corrected chi connectivity index (χ3v) is 3.44. The van der Waals surface area contributed by atoms with Gasteiger partial charge in [-0.1, -0.05) is 6.07 Å². The summed E-state index contributed by atoms with van der Waals surface area (Å²) < 4.78 is 23.5. The molecule has 114 valence electrons. The minimum atomic E-state index is -1.67. The summed E-state index contributed by atoms with van der Waals surface area (Å²) in [6.07, 6.45) is -1.67. The van der Waals surface area contributed by atoms with E-state index >= 15 is 0 Å². The molecule has 6 heteroatoms. The fraction of sp³-hybridized carbons (Fsp3) is 0.467. The molecule has 1 aromatic carbocycles. The lowest BCUT2D eigenvalue weighted by Crippen LogP contribution is -2.55. The molecule has 1 aromatic rings. The Balaban J connectivity index is 1.91. The van der Waals surface area contributed by atoms with Gasteiger partial charge in [0, 0.05) is 24.6 Å². The molecule has 1 unspecified atom stereocenters. The lowest BCUT2D eigenvalue weighted by Gasteiger charge is -2.40. The topological polar surface area (TPSA) is 55.8 Å². The summed E-state index contributed by atoms with van der Waals surface area (Å²) in [4.78, 5) is 25.0. The third-order valence-electron chi connectivity index (χ3n) is 3.44. The maximum Gasteiger partial charge on any atom is 0.341 e. The van der Waals surface area contributed by atoms with Crippen LogP contribution in [0.25, 0.3) is 0 Å². The highest BCUT2D eigenvalue weighted by Crippen LogP contribution is 2.25. The second kappa shape index (κ2) is 6.56. The van der Waals surface area contributed by atoms with Gasteiger partial charge in [0.25, 0.3) is 5.91 Å². The van der Waals surface area contributed by atoms with Crippen molar-refractivity contribution in [2.75, 3.05) is 26.8 Å². The zero-order chi connectivity index (χ0) is 15.4. The second-order valence-electron chi connectivity index (χ2n) is 4.86. The van der Waals surface area contributed by atoms with E-state index in [9.17, 15) is 14.0 Å². The van der Waals surface area contributed by atoms with Crippen molar-refractivity contribution in [3.05, 3.63) is 29.8 Å². The van der Waals surface area contributed by atoms with E-state index in [0.29, 0.717) is 11.3 Å². The number of benzene rings is 1. The lowest BCUT2D eigenvalue weighted by atomic mass is 9.93. The van der Waals surface area contributed by atoms with Gasteiger partial charge in [-0.05, 0) is 25.1 Å². The fourth-order valence-corrected chi connectivity index (χ4v) is 2.22. The number of hydrogen-bond donors (Lipinski definition) is 0. The molecule has 1 heterocycles. The van der Waals surface area contributed by atoms with Crippen molar-refractivity contribution in [2.45, 2.75) is 13.1 Å². The normalized spacial score (nSPS) is 16.0. The van der Waals surface area contributed by atoms with Crippen LogP contribution in [0.15, 0.2) is 24.3 Å². The van der Waals surface area contributed by atoms with Gasteiger partial charge in [-0.25, -0.2) is 9.18 Å². The molecule has 0 bridgehead atoms. The molecule has 1 aliphatic rings. The van der Waals surface area contributed by atoms with Crippen molar-refractivity contribution in [1.82, 2.24) is 4.90 Å². The number of nitrogens with zero attached hydrogens (tertiary/aromatic N) is 1. The molecule has 0 N–H and O–H groups in total. The van der Waals surface area contributed by atoms with Crippen LogP contribution in [0, 0.1) is 5.92 Å². The highest BCUT2D eigenvalue weighted by molar-refractivity contribution is 5.95. The summed E-state index contributed by atoms with van der Waals surface area (Å²) in [5.41, 5.74) is 0.486. The Hall–Kier alpha value is -2.11. The van der Waals surface area contributed by atoms with E-state index in [2.05, 4.69) is 4.74 Å². The molecule has 1 atom stereocenters. The Morgan fingerprint density at radius 1 is 1.43 bits per heavy atom. The fourth-order valence-electron chi connectivity index (χ4n) is 2.22. The molecular formula is C15H18FNO4. The van der Waals surface area contributed by atoms with E-state index in [0.717, 1.165) is 0 Å². The van der Waals surface area contributed by atoms with Crippen LogP contribution in [-0.2, 0) is 9.53 Å². The van der Waals surface area contributed by atoms with Crippen molar-refractivity contribution in [3.63, 3.8) is 0 Å². The molecule has 0 aliphatic carbocycles. The van der Waals surface area contributed by atoms with Gasteiger partial charge in [0.1, 0.15) is 5.75 Å². The number of alkyl halides is 1. The van der Waals surface area contributed by atoms with E-state index in [-0.39, 0.29) is 25.6 Å². The van der Waals surface area contributed by atoms with Gasteiger partial charge in [0.15, 0.2) is 0 Å². The van der Waals surface area contributed by atoms with Crippen LogP contribution >= 0.6 is 0 Å². The third kappa shape index (κ3) is 3.32. The molecule has 1 saturated heterocycles. The van der Waals surface area contributed by atoms with Crippen LogP contribution in [0.2, 0.25) is 0 Å². The predicted octanol–water partition coefficient (Wildman–Crippen LogP) is 1.67. The Bertz CT molecular complexity index is 528.